The van der Waals surface area contributed by atoms with Crippen molar-refractivity contribution in [3.8, 4) is 0 Å². The lowest BCUT2D eigenvalue weighted by atomic mass is 9.85. The fourth-order valence-electron chi connectivity index (χ4n) is 2.64. The van der Waals surface area contributed by atoms with Crippen LogP contribution in [0.1, 0.15) is 18.1 Å². The normalized spacial score (nSPS) is 12.2. The second-order valence-electron chi connectivity index (χ2n) is 5.60. The van der Waals surface area contributed by atoms with Gasteiger partial charge in [0, 0.05) is 7.05 Å². The van der Waals surface area contributed by atoms with Gasteiger partial charge in [-0.1, -0.05) is 60.7 Å². The molecule has 0 bridgehead atoms. The van der Waals surface area contributed by atoms with E-state index in [9.17, 15) is 13.2 Å². The summed E-state index contributed by atoms with van der Waals surface area (Å²) in [7, 11) is -1.21. The van der Waals surface area contributed by atoms with Gasteiger partial charge in [-0.25, -0.2) is 8.42 Å². The third-order valence-electron chi connectivity index (χ3n) is 4.25. The lowest BCUT2D eigenvalue weighted by Crippen LogP contribution is -2.47. The summed E-state index contributed by atoms with van der Waals surface area (Å²) in [5, 5.41) is 0. The molecule has 0 aliphatic rings. The zero-order chi connectivity index (χ0) is 17.8. The number of esters is 1. The molecule has 0 atom stereocenters. The van der Waals surface area contributed by atoms with E-state index in [1.54, 1.807) is 0 Å². The molecular formula is C18H21NO4S. The molecule has 24 heavy (non-hydrogen) atoms. The summed E-state index contributed by atoms with van der Waals surface area (Å²) < 4.78 is 31.2. The van der Waals surface area contributed by atoms with Crippen LogP contribution in [0.15, 0.2) is 60.7 Å². The summed E-state index contributed by atoms with van der Waals surface area (Å²) in [6.45, 7) is 1.83. The Kier molecular flexibility index (Phi) is 5.41. The fraction of sp³-hybridized carbons (Fsp3) is 0.278. The van der Waals surface area contributed by atoms with E-state index in [-0.39, 0.29) is 0 Å². The lowest BCUT2D eigenvalue weighted by Gasteiger charge is -2.38. The van der Waals surface area contributed by atoms with Gasteiger partial charge in [-0.2, -0.15) is 4.31 Å². The molecular weight excluding hydrogens is 326 g/mol. The molecule has 2 aromatic carbocycles. The average molecular weight is 347 g/mol. The molecule has 0 aliphatic heterocycles. The first-order valence-electron chi connectivity index (χ1n) is 7.47. The van der Waals surface area contributed by atoms with Crippen LogP contribution in [0.4, 0.5) is 0 Å². The molecule has 0 aliphatic carbocycles. The average Bonchev–Trinajstić information content (AvgIpc) is 2.61. The highest BCUT2D eigenvalue weighted by Gasteiger charge is 2.40. The lowest BCUT2D eigenvalue weighted by molar-refractivity contribution is -0.137. The van der Waals surface area contributed by atoms with Gasteiger partial charge < -0.3 is 4.74 Å². The number of benzene rings is 2. The number of sulfonamides is 1. The van der Waals surface area contributed by atoms with Crippen molar-refractivity contribution in [1.82, 2.24) is 4.31 Å². The van der Waals surface area contributed by atoms with Crippen LogP contribution in [0.3, 0.4) is 0 Å². The summed E-state index contributed by atoms with van der Waals surface area (Å²) >= 11 is 0. The Morgan fingerprint density at radius 1 is 1.00 bits per heavy atom. The first-order valence-corrected chi connectivity index (χ1v) is 9.08. The van der Waals surface area contributed by atoms with Crippen LogP contribution in [0, 0.1) is 0 Å². The second kappa shape index (κ2) is 7.15. The monoisotopic (exact) mass is 347 g/mol. The highest BCUT2D eigenvalue weighted by atomic mass is 32.2. The van der Waals surface area contributed by atoms with Gasteiger partial charge in [0.15, 0.2) is 5.75 Å². The van der Waals surface area contributed by atoms with E-state index in [1.807, 2.05) is 67.6 Å². The zero-order valence-electron chi connectivity index (χ0n) is 14.0. The third-order valence-corrected chi connectivity index (χ3v) is 6.05. The summed E-state index contributed by atoms with van der Waals surface area (Å²) in [6.07, 6.45) is 0. The van der Waals surface area contributed by atoms with Gasteiger partial charge in [-0.15, -0.1) is 0 Å². The highest BCUT2D eigenvalue weighted by molar-refractivity contribution is 7.89. The molecule has 0 fully saturated rings. The Morgan fingerprint density at radius 2 is 1.42 bits per heavy atom. The van der Waals surface area contributed by atoms with Gasteiger partial charge in [0.2, 0.25) is 10.0 Å². The van der Waals surface area contributed by atoms with Crippen LogP contribution in [-0.2, 0) is 25.1 Å². The minimum atomic E-state index is -3.87. The van der Waals surface area contributed by atoms with Crippen molar-refractivity contribution in [2.24, 2.45) is 0 Å². The van der Waals surface area contributed by atoms with Crippen LogP contribution in [0.2, 0.25) is 0 Å². The second-order valence-corrected chi connectivity index (χ2v) is 7.60. The fourth-order valence-corrected chi connectivity index (χ4v) is 4.02. The van der Waals surface area contributed by atoms with Crippen LogP contribution >= 0.6 is 0 Å². The van der Waals surface area contributed by atoms with E-state index in [4.69, 9.17) is 0 Å². The van der Waals surface area contributed by atoms with Crippen LogP contribution in [0.25, 0.3) is 0 Å². The van der Waals surface area contributed by atoms with Gasteiger partial charge in [0.05, 0.1) is 12.6 Å². The molecule has 2 rings (SSSR count). The maximum atomic E-state index is 12.7. The summed E-state index contributed by atoms with van der Waals surface area (Å²) in [5.41, 5.74) is 0.675. The molecule has 0 saturated carbocycles. The maximum Gasteiger partial charge on any atom is 0.322 e. The SMILES string of the molecule is COC(=O)CS(=O)(=O)N(C)C(C)(c1ccccc1)c1ccccc1. The summed E-state index contributed by atoms with van der Waals surface area (Å²) in [4.78, 5) is 11.5. The minimum Gasteiger partial charge on any atom is -0.468 e. The first kappa shape index (κ1) is 18.2. The first-order chi connectivity index (χ1) is 11.3. The van der Waals surface area contributed by atoms with E-state index < -0.39 is 27.3 Å². The number of carbonyl (C=O) groups is 1. The zero-order valence-corrected chi connectivity index (χ0v) is 14.8. The molecule has 0 aromatic heterocycles. The van der Waals surface area contributed by atoms with Gasteiger partial charge in [-0.05, 0) is 18.1 Å². The Balaban J connectivity index is 2.57. The summed E-state index contributed by atoms with van der Waals surface area (Å²) in [5.74, 6) is -1.49. The minimum absolute atomic E-state index is 0.699. The number of hydrogen-bond donors (Lipinski definition) is 0. The Morgan fingerprint density at radius 3 is 1.79 bits per heavy atom. The van der Waals surface area contributed by atoms with Crippen molar-refractivity contribution in [3.05, 3.63) is 71.8 Å². The largest absolute Gasteiger partial charge is 0.468 e. The third kappa shape index (κ3) is 3.49. The van der Waals surface area contributed by atoms with E-state index in [1.165, 1.54) is 18.5 Å². The number of ether oxygens (including phenoxy) is 1. The molecule has 0 unspecified atom stereocenters. The predicted molar refractivity (Wildman–Crippen MR) is 92.9 cm³/mol. The number of rotatable bonds is 6. The Bertz CT molecular complexity index is 749. The van der Waals surface area contributed by atoms with Crippen LogP contribution in [0.5, 0.6) is 0 Å². The van der Waals surface area contributed by atoms with Gasteiger partial charge >= 0.3 is 5.97 Å². The summed E-state index contributed by atoms with van der Waals surface area (Å²) in [6, 6.07) is 18.7. The molecule has 0 amide bonds. The van der Waals surface area contributed by atoms with Crippen molar-refractivity contribution < 1.29 is 17.9 Å². The Hall–Kier alpha value is -2.18. The molecule has 0 saturated heterocycles. The van der Waals surface area contributed by atoms with Gasteiger partial charge in [-0.3, -0.25) is 4.79 Å². The van der Waals surface area contributed by atoms with Crippen molar-refractivity contribution >= 4 is 16.0 Å². The predicted octanol–water partition coefficient (Wildman–Crippen LogP) is 2.38. The van der Waals surface area contributed by atoms with E-state index >= 15 is 0 Å². The van der Waals surface area contributed by atoms with Crippen LogP contribution in [-0.4, -0.2) is 38.6 Å². The van der Waals surface area contributed by atoms with Gasteiger partial charge in [0.1, 0.15) is 0 Å². The number of carbonyl (C=O) groups excluding carboxylic acids is 1. The van der Waals surface area contributed by atoms with E-state index in [0.717, 1.165) is 11.1 Å². The van der Waals surface area contributed by atoms with Crippen molar-refractivity contribution in [2.45, 2.75) is 12.5 Å². The Labute approximate surface area is 142 Å². The van der Waals surface area contributed by atoms with Crippen molar-refractivity contribution in [2.75, 3.05) is 19.9 Å². The van der Waals surface area contributed by atoms with Crippen LogP contribution < -0.4 is 0 Å². The number of methoxy groups -OCH3 is 1. The quantitative estimate of drug-likeness (QED) is 0.753. The number of hydrogen-bond acceptors (Lipinski definition) is 4. The molecule has 0 spiro atoms. The number of nitrogens with zero attached hydrogens (tertiary/aromatic N) is 1. The molecule has 0 heterocycles. The molecule has 0 radical (unpaired) electrons. The molecule has 6 heteroatoms. The molecule has 128 valence electrons. The smallest absolute Gasteiger partial charge is 0.322 e. The topological polar surface area (TPSA) is 63.7 Å². The maximum absolute atomic E-state index is 12.7. The van der Waals surface area contributed by atoms with Gasteiger partial charge in [0.25, 0.3) is 0 Å². The van der Waals surface area contributed by atoms with E-state index in [0.29, 0.717) is 0 Å². The standard InChI is InChI=1S/C18H21NO4S/c1-18(15-10-6-4-7-11-15,16-12-8-5-9-13-16)19(2)24(21,22)14-17(20)23-3/h4-13H,14H2,1-3H3. The molecule has 2 aromatic rings. The van der Waals surface area contributed by atoms with Crippen molar-refractivity contribution in [1.29, 1.82) is 0 Å². The van der Waals surface area contributed by atoms with Crippen molar-refractivity contribution in [3.63, 3.8) is 0 Å². The van der Waals surface area contributed by atoms with E-state index in [2.05, 4.69) is 4.74 Å². The highest BCUT2D eigenvalue weighted by Crippen LogP contribution is 2.36. The molecule has 5 nitrogen and oxygen atoms in total. The molecule has 0 N–H and O–H groups in total.